The molecule has 0 unspecified atom stereocenters. The summed E-state index contributed by atoms with van der Waals surface area (Å²) in [6, 6.07) is 7.49. The number of H-pyrrole nitrogens is 1. The van der Waals surface area contributed by atoms with Crippen molar-refractivity contribution in [3.63, 3.8) is 0 Å². The van der Waals surface area contributed by atoms with Crippen LogP contribution in [-0.4, -0.2) is 53.9 Å². The number of hydrogen-bond acceptors (Lipinski definition) is 6. The van der Waals surface area contributed by atoms with Crippen LogP contribution in [0.15, 0.2) is 42.4 Å². The van der Waals surface area contributed by atoms with Gasteiger partial charge in [0.05, 0.1) is 18.2 Å². The molecule has 0 saturated carbocycles. The van der Waals surface area contributed by atoms with Crippen molar-refractivity contribution in [2.45, 2.75) is 6.54 Å². The molecule has 1 aromatic carbocycles. The number of nitrogens with zero attached hydrogens (tertiary/aromatic N) is 2. The minimum absolute atomic E-state index is 0.109. The predicted octanol–water partition coefficient (Wildman–Crippen LogP) is 2.59. The molecule has 0 atom stereocenters. The monoisotopic (exact) mass is 390 g/mol. The number of aromatic amines is 1. The zero-order valence-electron chi connectivity index (χ0n) is 16.2. The van der Waals surface area contributed by atoms with Gasteiger partial charge in [0, 0.05) is 56.1 Å². The number of benzene rings is 1. The molecule has 0 aliphatic carbocycles. The Hall–Kier alpha value is -3.16. The Morgan fingerprint density at radius 2 is 2.14 bits per heavy atom. The van der Waals surface area contributed by atoms with Crippen molar-refractivity contribution < 1.29 is 14.3 Å². The molecule has 7 nitrogen and oxygen atoms in total. The summed E-state index contributed by atoms with van der Waals surface area (Å²) in [5.41, 5.74) is 3.16. The van der Waals surface area contributed by atoms with Gasteiger partial charge in [0.2, 0.25) is 5.78 Å². The summed E-state index contributed by atoms with van der Waals surface area (Å²) in [5.74, 6) is 1.56. The highest BCUT2D eigenvalue weighted by Gasteiger charge is 2.32. The number of ether oxygens (including phenoxy) is 2. The molecule has 2 aliphatic rings. The molecule has 1 saturated heterocycles. The third-order valence-corrected chi connectivity index (χ3v) is 5.48. The highest BCUT2D eigenvalue weighted by Crippen LogP contribution is 2.40. The number of piperazine rings is 1. The standard InChI is InChI=1S/C22H22N4O3/c1-28-18-5-4-16-20(27)19(11-14-12-25-22-15(14)3-2-6-24-22)29-21(16)17(18)13-26-9-7-23-8-10-26/h2-6,11-12,23H,7-10,13H2,1H3,(H,24,25). The molecule has 0 radical (unpaired) electrons. The van der Waals surface area contributed by atoms with Crippen molar-refractivity contribution in [2.75, 3.05) is 33.3 Å². The first-order chi connectivity index (χ1) is 14.2. The lowest BCUT2D eigenvalue weighted by Crippen LogP contribution is -2.43. The Bertz CT molecular complexity index is 1110. The van der Waals surface area contributed by atoms with Gasteiger partial charge in [-0.2, -0.15) is 0 Å². The highest BCUT2D eigenvalue weighted by molar-refractivity contribution is 6.15. The van der Waals surface area contributed by atoms with Gasteiger partial charge in [0.25, 0.3) is 0 Å². The van der Waals surface area contributed by atoms with Gasteiger partial charge >= 0.3 is 0 Å². The van der Waals surface area contributed by atoms with Gasteiger partial charge in [-0.3, -0.25) is 9.69 Å². The molecule has 2 aliphatic heterocycles. The fraction of sp³-hybridized carbons (Fsp3) is 0.273. The second-order valence-electron chi connectivity index (χ2n) is 7.23. The minimum atomic E-state index is -0.109. The Morgan fingerprint density at radius 1 is 1.28 bits per heavy atom. The normalized spacial score (nSPS) is 18.2. The van der Waals surface area contributed by atoms with E-state index in [1.165, 1.54) is 0 Å². The molecular formula is C22H22N4O3. The summed E-state index contributed by atoms with van der Waals surface area (Å²) in [6.45, 7) is 4.50. The SMILES string of the molecule is COc1ccc2c(c1CN1CCNCC1)OC(=Cc1c[nH]c3ncccc13)C2=O. The molecule has 2 N–H and O–H groups in total. The van der Waals surface area contributed by atoms with E-state index in [2.05, 4.69) is 20.2 Å². The van der Waals surface area contributed by atoms with E-state index in [9.17, 15) is 4.79 Å². The fourth-order valence-corrected chi connectivity index (χ4v) is 3.96. The Kier molecular flexibility index (Phi) is 4.54. The van der Waals surface area contributed by atoms with Gasteiger partial charge in [-0.15, -0.1) is 0 Å². The molecule has 7 heteroatoms. The summed E-state index contributed by atoms with van der Waals surface area (Å²) in [4.78, 5) is 22.8. The van der Waals surface area contributed by atoms with Gasteiger partial charge in [0.15, 0.2) is 5.76 Å². The lowest BCUT2D eigenvalue weighted by molar-refractivity contribution is 0.101. The number of rotatable bonds is 4. The number of pyridine rings is 1. The van der Waals surface area contributed by atoms with E-state index in [1.807, 2.05) is 24.4 Å². The highest BCUT2D eigenvalue weighted by atomic mass is 16.5. The minimum Gasteiger partial charge on any atom is -0.496 e. The first-order valence-electron chi connectivity index (χ1n) is 9.74. The van der Waals surface area contributed by atoms with Crippen molar-refractivity contribution in [3.8, 4) is 11.5 Å². The third-order valence-electron chi connectivity index (χ3n) is 5.48. The number of Topliss-reactive ketones (excluding diaryl/α,β-unsaturated/α-hetero) is 1. The van der Waals surface area contributed by atoms with E-state index in [0.717, 1.165) is 54.1 Å². The number of hydrogen-bond donors (Lipinski definition) is 2. The first-order valence-corrected chi connectivity index (χ1v) is 9.74. The van der Waals surface area contributed by atoms with Crippen LogP contribution in [0.2, 0.25) is 0 Å². The zero-order chi connectivity index (χ0) is 19.8. The van der Waals surface area contributed by atoms with E-state index in [1.54, 1.807) is 25.4 Å². The molecular weight excluding hydrogens is 368 g/mol. The molecule has 148 valence electrons. The third kappa shape index (κ3) is 3.18. The van der Waals surface area contributed by atoms with Crippen LogP contribution < -0.4 is 14.8 Å². The maximum Gasteiger partial charge on any atom is 0.231 e. The molecule has 29 heavy (non-hydrogen) atoms. The van der Waals surface area contributed by atoms with E-state index < -0.39 is 0 Å². The van der Waals surface area contributed by atoms with Crippen LogP contribution in [0.4, 0.5) is 0 Å². The summed E-state index contributed by atoms with van der Waals surface area (Å²) in [5, 5.41) is 4.31. The van der Waals surface area contributed by atoms with E-state index in [-0.39, 0.29) is 5.78 Å². The summed E-state index contributed by atoms with van der Waals surface area (Å²) in [7, 11) is 1.65. The predicted molar refractivity (Wildman–Crippen MR) is 110 cm³/mol. The Morgan fingerprint density at radius 3 is 2.97 bits per heavy atom. The number of aromatic nitrogens is 2. The van der Waals surface area contributed by atoms with Gasteiger partial charge in [-0.1, -0.05) is 0 Å². The van der Waals surface area contributed by atoms with E-state index in [0.29, 0.717) is 23.6 Å². The van der Waals surface area contributed by atoms with Crippen LogP contribution >= 0.6 is 0 Å². The van der Waals surface area contributed by atoms with Crippen LogP contribution in [-0.2, 0) is 6.54 Å². The quantitative estimate of drug-likeness (QED) is 0.667. The number of ketones is 1. The average Bonchev–Trinajstić information content (AvgIpc) is 3.31. The second kappa shape index (κ2) is 7.35. The topological polar surface area (TPSA) is 79.5 Å². The lowest BCUT2D eigenvalue weighted by atomic mass is 10.0. The van der Waals surface area contributed by atoms with Crippen molar-refractivity contribution in [1.29, 1.82) is 0 Å². The smallest absolute Gasteiger partial charge is 0.231 e. The molecule has 3 aromatic rings. The molecule has 1 fully saturated rings. The van der Waals surface area contributed by atoms with Crippen LogP contribution in [0, 0.1) is 0 Å². The number of methoxy groups -OCH3 is 1. The van der Waals surface area contributed by atoms with Gasteiger partial charge < -0.3 is 19.8 Å². The average molecular weight is 390 g/mol. The van der Waals surface area contributed by atoms with Gasteiger partial charge in [-0.05, 0) is 30.3 Å². The maximum absolute atomic E-state index is 13.0. The second-order valence-corrected chi connectivity index (χ2v) is 7.23. The van der Waals surface area contributed by atoms with Gasteiger partial charge in [0.1, 0.15) is 17.1 Å². The molecule has 0 bridgehead atoms. The lowest BCUT2D eigenvalue weighted by Gasteiger charge is -2.28. The van der Waals surface area contributed by atoms with Crippen LogP contribution in [0.3, 0.4) is 0 Å². The summed E-state index contributed by atoms with van der Waals surface area (Å²) in [6.07, 6.45) is 5.36. The Balaban J connectivity index is 1.52. The van der Waals surface area contributed by atoms with Crippen LogP contribution in [0.25, 0.3) is 17.1 Å². The van der Waals surface area contributed by atoms with Crippen molar-refractivity contribution in [2.24, 2.45) is 0 Å². The number of nitrogens with one attached hydrogen (secondary N) is 2. The van der Waals surface area contributed by atoms with Crippen LogP contribution in [0.1, 0.15) is 21.5 Å². The van der Waals surface area contributed by atoms with Crippen molar-refractivity contribution in [3.05, 3.63) is 59.1 Å². The van der Waals surface area contributed by atoms with Crippen molar-refractivity contribution in [1.82, 2.24) is 20.2 Å². The van der Waals surface area contributed by atoms with Crippen molar-refractivity contribution >= 4 is 22.9 Å². The molecule has 0 amide bonds. The Labute approximate surface area is 168 Å². The largest absolute Gasteiger partial charge is 0.496 e. The first kappa shape index (κ1) is 17.9. The van der Waals surface area contributed by atoms with E-state index >= 15 is 0 Å². The number of carbonyl (C=O) groups is 1. The molecule has 2 aromatic heterocycles. The molecule has 5 rings (SSSR count). The van der Waals surface area contributed by atoms with E-state index in [4.69, 9.17) is 9.47 Å². The van der Waals surface area contributed by atoms with Crippen LogP contribution in [0.5, 0.6) is 11.5 Å². The summed E-state index contributed by atoms with van der Waals surface area (Å²) < 4.78 is 11.7. The number of carbonyl (C=O) groups excluding carboxylic acids is 1. The maximum atomic E-state index is 13.0. The molecule has 0 spiro atoms. The fourth-order valence-electron chi connectivity index (χ4n) is 3.96. The number of fused-ring (bicyclic) bond motifs is 2. The molecule has 4 heterocycles. The summed E-state index contributed by atoms with van der Waals surface area (Å²) >= 11 is 0. The number of allylic oxidation sites excluding steroid dienone is 1. The zero-order valence-corrected chi connectivity index (χ0v) is 16.2. The van der Waals surface area contributed by atoms with Gasteiger partial charge in [-0.25, -0.2) is 4.98 Å².